The molecule has 5 aliphatic carbocycles. The van der Waals surface area contributed by atoms with E-state index >= 15 is 0 Å². The highest BCUT2D eigenvalue weighted by atomic mass is 32.2. The molecule has 8 nitrogen and oxygen atoms in total. The maximum Gasteiger partial charge on any atom is 0.309 e. The molecule has 41 heavy (non-hydrogen) atoms. The molecular weight excluding hydrogens is 542 g/mol. The van der Waals surface area contributed by atoms with Gasteiger partial charge in [-0.2, -0.15) is 13.7 Å². The number of hydrogen-bond acceptors (Lipinski definition) is 7. The van der Waals surface area contributed by atoms with Crippen LogP contribution in [0.25, 0.3) is 0 Å². The first-order valence-corrected chi connectivity index (χ1v) is 16.7. The Kier molecular flexibility index (Phi) is 6.68. The van der Waals surface area contributed by atoms with Crippen LogP contribution >= 0.6 is 0 Å². The van der Waals surface area contributed by atoms with E-state index in [9.17, 15) is 33.5 Å². The van der Waals surface area contributed by atoms with E-state index in [-0.39, 0.29) is 35.2 Å². The van der Waals surface area contributed by atoms with Crippen LogP contribution in [0.4, 0.5) is 0 Å². The van der Waals surface area contributed by atoms with Gasteiger partial charge in [0, 0.05) is 16.7 Å². The quantitative estimate of drug-likeness (QED) is 0.436. The number of carboxylic acid groups (broad SMARTS) is 1. The van der Waals surface area contributed by atoms with Crippen molar-refractivity contribution >= 4 is 21.9 Å². The van der Waals surface area contributed by atoms with Crippen LogP contribution in [-0.4, -0.2) is 49.4 Å². The van der Waals surface area contributed by atoms with Gasteiger partial charge in [-0.1, -0.05) is 53.2 Å². The van der Waals surface area contributed by atoms with Crippen LogP contribution in [0, 0.1) is 61.6 Å². The highest BCUT2D eigenvalue weighted by Crippen LogP contribution is 2.74. The van der Waals surface area contributed by atoms with E-state index in [4.69, 9.17) is 4.18 Å². The molecule has 9 atom stereocenters. The molecule has 0 heterocycles. The molecule has 0 amide bonds. The van der Waals surface area contributed by atoms with Crippen molar-refractivity contribution in [2.45, 2.75) is 92.6 Å². The summed E-state index contributed by atoms with van der Waals surface area (Å²) in [6, 6.07) is 2.16. The lowest BCUT2D eigenvalue weighted by molar-refractivity contribution is -0.190. The van der Waals surface area contributed by atoms with Crippen molar-refractivity contribution in [1.82, 2.24) is 0 Å². The molecule has 0 radical (unpaired) electrons. The molecular formula is C32H45NO7S. The number of carbonyl (C=O) groups excluding carboxylic acids is 1. The third-order valence-electron chi connectivity index (χ3n) is 12.9. The first-order valence-electron chi connectivity index (χ1n) is 14.9. The highest BCUT2D eigenvalue weighted by molar-refractivity contribution is 7.86. The van der Waals surface area contributed by atoms with E-state index in [1.54, 1.807) is 19.1 Å². The van der Waals surface area contributed by atoms with Crippen LogP contribution in [0.1, 0.15) is 86.5 Å². The smallest absolute Gasteiger partial charge is 0.309 e. The summed E-state index contributed by atoms with van der Waals surface area (Å²) < 4.78 is 29.9. The first kappa shape index (κ1) is 30.4. The maximum atomic E-state index is 14.4. The number of carbonyl (C=O) groups is 2. The van der Waals surface area contributed by atoms with E-state index in [0.29, 0.717) is 38.5 Å². The Labute approximate surface area is 244 Å². The van der Waals surface area contributed by atoms with E-state index in [1.165, 1.54) is 0 Å². The molecule has 0 aromatic heterocycles. The molecule has 5 rings (SSSR count). The summed E-state index contributed by atoms with van der Waals surface area (Å²) in [5.41, 5.74) is -2.74. The molecule has 0 aromatic carbocycles. The van der Waals surface area contributed by atoms with E-state index < -0.39 is 55.2 Å². The second-order valence-electron chi connectivity index (χ2n) is 15.6. The summed E-state index contributed by atoms with van der Waals surface area (Å²) in [6.07, 6.45) is 7.94. The molecule has 0 aliphatic heterocycles. The second kappa shape index (κ2) is 9.00. The highest BCUT2D eigenvalue weighted by Gasteiger charge is 2.71. The number of allylic oxidation sites excluding steroid dienone is 3. The van der Waals surface area contributed by atoms with E-state index in [1.807, 2.05) is 6.92 Å². The molecule has 2 N–H and O–H groups in total. The fraction of sp³-hybridized carbons (Fsp3) is 0.781. The Morgan fingerprint density at radius 2 is 1.73 bits per heavy atom. The molecule has 0 saturated heterocycles. The maximum absolute atomic E-state index is 14.4. The Morgan fingerprint density at radius 1 is 1.10 bits per heavy atom. The molecule has 0 unspecified atom stereocenters. The van der Waals surface area contributed by atoms with Gasteiger partial charge in [-0.05, 0) is 79.1 Å². The van der Waals surface area contributed by atoms with Crippen molar-refractivity contribution < 1.29 is 32.4 Å². The van der Waals surface area contributed by atoms with Gasteiger partial charge in [0.05, 0.1) is 29.9 Å². The zero-order chi connectivity index (χ0) is 30.6. The number of nitrogens with zero attached hydrogens (tertiary/aromatic N) is 1. The normalized spacial score (nSPS) is 47.0. The number of hydrogen-bond donors (Lipinski definition) is 2. The van der Waals surface area contributed by atoms with Crippen LogP contribution < -0.4 is 0 Å². The van der Waals surface area contributed by atoms with Gasteiger partial charge in [-0.25, -0.2) is 0 Å². The number of aliphatic hydroxyl groups excluding tert-OH is 1. The summed E-state index contributed by atoms with van der Waals surface area (Å²) in [5.74, 6) is -1.79. The van der Waals surface area contributed by atoms with Crippen molar-refractivity contribution in [2.24, 2.45) is 50.2 Å². The van der Waals surface area contributed by atoms with E-state index in [2.05, 4.69) is 33.8 Å². The third kappa shape index (κ3) is 3.99. The Bertz CT molecular complexity index is 1410. The minimum atomic E-state index is -3.93. The predicted octanol–water partition coefficient (Wildman–Crippen LogP) is 5.04. The standard InChI is InChI=1S/C32H45NO7S/c1-27(2)10-12-32(26(36)37)13-11-31(6)24(20(32)16-27)21(35)14-23-28(3)15-19(17-33)25(40-41(7,38)39)29(4,18-34)22(28)8-9-30(23,31)5/h14-15,20,22,24-25,34H,8-13,16,18H2,1-7H3,(H,36,37)/t20-,22+,24-,25-,28-,29-,30+,31+,32-/m0/s1. The summed E-state index contributed by atoms with van der Waals surface area (Å²) in [5, 5.41) is 31.5. The molecule has 226 valence electrons. The minimum Gasteiger partial charge on any atom is -0.481 e. The van der Waals surface area contributed by atoms with Crippen LogP contribution in [0.3, 0.4) is 0 Å². The largest absolute Gasteiger partial charge is 0.481 e. The van der Waals surface area contributed by atoms with Crippen LogP contribution in [0.2, 0.25) is 0 Å². The number of aliphatic carboxylic acids is 1. The molecule has 0 spiro atoms. The Balaban J connectivity index is 1.70. The van der Waals surface area contributed by atoms with Gasteiger partial charge in [-0.3, -0.25) is 13.8 Å². The third-order valence-corrected chi connectivity index (χ3v) is 13.4. The fourth-order valence-corrected chi connectivity index (χ4v) is 11.2. The molecule has 0 aromatic rings. The summed E-state index contributed by atoms with van der Waals surface area (Å²) >= 11 is 0. The molecule has 5 aliphatic rings. The van der Waals surface area contributed by atoms with E-state index in [0.717, 1.165) is 18.2 Å². The number of rotatable bonds is 4. The number of fused-ring (bicyclic) bond motifs is 7. The first-order chi connectivity index (χ1) is 18.7. The molecule has 3 saturated carbocycles. The van der Waals surface area contributed by atoms with Crippen molar-refractivity contribution in [1.29, 1.82) is 5.26 Å². The summed E-state index contributed by atoms with van der Waals surface area (Å²) in [7, 11) is -3.93. The zero-order valence-corrected chi connectivity index (χ0v) is 26.2. The van der Waals surface area contributed by atoms with Crippen molar-refractivity contribution in [3.05, 3.63) is 23.3 Å². The van der Waals surface area contributed by atoms with Gasteiger partial charge < -0.3 is 10.2 Å². The topological polar surface area (TPSA) is 142 Å². The zero-order valence-electron chi connectivity index (χ0n) is 25.4. The molecule has 3 fully saturated rings. The monoisotopic (exact) mass is 587 g/mol. The number of ketones is 1. The van der Waals surface area contributed by atoms with Crippen molar-refractivity contribution in [3.8, 4) is 6.07 Å². The Morgan fingerprint density at radius 3 is 2.29 bits per heavy atom. The van der Waals surface area contributed by atoms with Crippen LogP contribution in [-0.2, 0) is 23.9 Å². The number of nitriles is 1. The van der Waals surface area contributed by atoms with Gasteiger partial charge in [0.1, 0.15) is 6.10 Å². The van der Waals surface area contributed by atoms with Gasteiger partial charge in [0.2, 0.25) is 0 Å². The lowest BCUT2D eigenvalue weighted by atomic mass is 9.34. The molecule has 9 heteroatoms. The van der Waals surface area contributed by atoms with Gasteiger partial charge in [0.15, 0.2) is 5.78 Å². The van der Waals surface area contributed by atoms with Crippen LogP contribution in [0.15, 0.2) is 23.3 Å². The van der Waals surface area contributed by atoms with Crippen molar-refractivity contribution in [2.75, 3.05) is 12.9 Å². The lowest BCUT2D eigenvalue weighted by Crippen LogP contribution is -2.66. The van der Waals surface area contributed by atoms with Gasteiger partial charge in [0.25, 0.3) is 10.1 Å². The van der Waals surface area contributed by atoms with Crippen LogP contribution in [0.5, 0.6) is 0 Å². The average molecular weight is 588 g/mol. The second-order valence-corrected chi connectivity index (χ2v) is 17.2. The average Bonchev–Trinajstić information content (AvgIpc) is 2.85. The lowest BCUT2D eigenvalue weighted by Gasteiger charge is -2.69. The minimum absolute atomic E-state index is 0.0398. The Hall–Kier alpha value is -2.02. The van der Waals surface area contributed by atoms with Gasteiger partial charge in [-0.15, -0.1) is 0 Å². The summed E-state index contributed by atoms with van der Waals surface area (Å²) in [6.45, 7) is 12.1. The predicted molar refractivity (Wildman–Crippen MR) is 153 cm³/mol. The number of carboxylic acids is 1. The molecule has 0 bridgehead atoms. The fourth-order valence-electron chi connectivity index (χ4n) is 10.5. The SMILES string of the molecule is CC1(C)CC[C@]2(C(=O)O)CC[C@]3(C)[C@H](C(=O)C=C4[C@@]5(C)C=C(C#N)[C@H](OS(C)(=O)=O)[C@@](C)(CO)[C@@H]5CC[C@]43C)[C@@H]2C1. The number of aliphatic hydroxyl groups is 1. The summed E-state index contributed by atoms with van der Waals surface area (Å²) in [4.78, 5) is 27.3. The van der Waals surface area contributed by atoms with Crippen molar-refractivity contribution in [3.63, 3.8) is 0 Å². The van der Waals surface area contributed by atoms with Gasteiger partial charge >= 0.3 is 5.97 Å².